The number of carbonyl (C=O) groups is 3. The molecule has 1 aliphatic rings. The van der Waals surface area contributed by atoms with Crippen molar-refractivity contribution in [2.75, 3.05) is 6.54 Å². The summed E-state index contributed by atoms with van der Waals surface area (Å²) < 4.78 is 4.71. The van der Waals surface area contributed by atoms with Crippen molar-refractivity contribution < 1.29 is 19.1 Å². The summed E-state index contributed by atoms with van der Waals surface area (Å²) in [5.74, 6) is -0.845. The Kier molecular flexibility index (Phi) is 5.22. The lowest BCUT2D eigenvalue weighted by Gasteiger charge is -2.31. The molecular formula is C15H26N2O4S. The maximum atomic E-state index is 12.5. The molecule has 1 rings (SSSR count). The van der Waals surface area contributed by atoms with Crippen LogP contribution >= 0.6 is 11.8 Å². The van der Waals surface area contributed by atoms with Crippen molar-refractivity contribution in [2.24, 2.45) is 0 Å². The number of nitrogens with zero attached hydrogens (tertiary/aromatic N) is 1. The van der Waals surface area contributed by atoms with Gasteiger partial charge in [-0.1, -0.05) is 0 Å². The summed E-state index contributed by atoms with van der Waals surface area (Å²) in [6, 6.07) is -0.632. The predicted molar refractivity (Wildman–Crippen MR) is 86.3 cm³/mol. The van der Waals surface area contributed by atoms with Crippen LogP contribution in [0.5, 0.6) is 0 Å². The minimum absolute atomic E-state index is 0.208. The molecule has 0 radical (unpaired) electrons. The maximum absolute atomic E-state index is 12.5. The topological polar surface area (TPSA) is 75.7 Å². The fraction of sp³-hybridized carbons (Fsp3) is 0.800. The molecule has 0 saturated carbocycles. The normalized spacial score (nSPS) is 23.0. The van der Waals surface area contributed by atoms with E-state index in [1.54, 1.807) is 32.5 Å². The number of hydrogen-bond donors (Lipinski definition) is 1. The van der Waals surface area contributed by atoms with Crippen molar-refractivity contribution in [1.82, 2.24) is 10.2 Å². The zero-order chi connectivity index (χ0) is 17.3. The highest BCUT2D eigenvalue weighted by Gasteiger charge is 2.54. The third-order valence-electron chi connectivity index (χ3n) is 3.26. The Balaban J connectivity index is 2.76. The lowest BCUT2D eigenvalue weighted by atomic mass is 10.00. The van der Waals surface area contributed by atoms with E-state index in [-0.39, 0.29) is 12.5 Å². The quantitative estimate of drug-likeness (QED) is 0.625. The zero-order valence-corrected chi connectivity index (χ0v) is 15.2. The summed E-state index contributed by atoms with van der Waals surface area (Å²) in [5, 5.41) is 2.58. The van der Waals surface area contributed by atoms with Gasteiger partial charge in [0.2, 0.25) is 12.3 Å². The molecule has 1 heterocycles. The molecule has 1 N–H and O–H groups in total. The molecule has 1 fully saturated rings. The maximum Gasteiger partial charge on any atom is 0.325 e. The van der Waals surface area contributed by atoms with E-state index < -0.39 is 27.2 Å². The van der Waals surface area contributed by atoms with Crippen molar-refractivity contribution in [3.05, 3.63) is 0 Å². The van der Waals surface area contributed by atoms with Crippen LogP contribution in [0.15, 0.2) is 0 Å². The highest BCUT2D eigenvalue weighted by Crippen LogP contribution is 2.50. The van der Waals surface area contributed by atoms with Gasteiger partial charge in [-0.2, -0.15) is 0 Å². The Morgan fingerprint density at radius 3 is 2.27 bits per heavy atom. The number of carbonyl (C=O) groups excluding carboxylic acids is 3. The number of rotatable bonds is 4. The summed E-state index contributed by atoms with van der Waals surface area (Å²) >= 11 is 1.56. The average Bonchev–Trinajstić information content (AvgIpc) is 2.47. The summed E-state index contributed by atoms with van der Waals surface area (Å²) in [6.07, 6.45) is 0.694. The molecule has 0 unspecified atom stereocenters. The number of ether oxygens (including phenoxy) is 1. The van der Waals surface area contributed by atoms with Crippen LogP contribution in [0.3, 0.4) is 0 Å². The first-order chi connectivity index (χ1) is 9.80. The third kappa shape index (κ3) is 4.38. The zero-order valence-electron chi connectivity index (χ0n) is 14.4. The molecule has 0 aromatic carbocycles. The lowest BCUT2D eigenvalue weighted by Crippen LogP contribution is -2.54. The minimum Gasteiger partial charge on any atom is -0.459 e. The predicted octanol–water partition coefficient (Wildman–Crippen LogP) is 1.53. The smallest absolute Gasteiger partial charge is 0.325 e. The van der Waals surface area contributed by atoms with Crippen LogP contribution < -0.4 is 5.32 Å². The van der Waals surface area contributed by atoms with Gasteiger partial charge in [0.1, 0.15) is 18.2 Å². The fourth-order valence-corrected chi connectivity index (χ4v) is 4.54. The highest BCUT2D eigenvalue weighted by atomic mass is 32.2. The van der Waals surface area contributed by atoms with Gasteiger partial charge >= 0.3 is 5.97 Å². The molecule has 0 bridgehead atoms. The van der Waals surface area contributed by atoms with Crippen molar-refractivity contribution in [3.8, 4) is 0 Å². The number of hydrogen-bond acceptors (Lipinski definition) is 5. The second kappa shape index (κ2) is 6.10. The molecule has 22 heavy (non-hydrogen) atoms. The molecule has 126 valence electrons. The van der Waals surface area contributed by atoms with E-state index in [0.717, 1.165) is 0 Å². The highest BCUT2D eigenvalue weighted by molar-refractivity contribution is 8.02. The van der Waals surface area contributed by atoms with Gasteiger partial charge in [0.05, 0.1) is 4.87 Å². The minimum atomic E-state index is -0.632. The van der Waals surface area contributed by atoms with Crippen molar-refractivity contribution in [1.29, 1.82) is 0 Å². The molecule has 7 heteroatoms. The molecule has 6 nitrogen and oxygen atoms in total. The molecule has 0 aromatic rings. The van der Waals surface area contributed by atoms with Gasteiger partial charge in [0.15, 0.2) is 0 Å². The number of esters is 1. The van der Waals surface area contributed by atoms with Crippen LogP contribution in [0, 0.1) is 0 Å². The second-order valence-electron chi connectivity index (χ2n) is 7.37. The van der Waals surface area contributed by atoms with Crippen LogP contribution in [0.2, 0.25) is 0 Å². The SMILES string of the molecule is CC(C)(C)OC(=O)CNC(=O)[C@@H]1N(C=O)C(C)(C)SC1(C)C. The molecule has 0 aliphatic carbocycles. The van der Waals surface area contributed by atoms with Crippen molar-refractivity contribution >= 4 is 30.0 Å². The Bertz CT molecular complexity index is 469. The Morgan fingerprint density at radius 1 is 1.27 bits per heavy atom. The molecular weight excluding hydrogens is 304 g/mol. The van der Waals surface area contributed by atoms with E-state index in [2.05, 4.69) is 5.32 Å². The van der Waals surface area contributed by atoms with Gasteiger partial charge in [-0.15, -0.1) is 11.8 Å². The Morgan fingerprint density at radius 2 is 1.82 bits per heavy atom. The van der Waals surface area contributed by atoms with Gasteiger partial charge < -0.3 is 15.0 Å². The number of amides is 2. The molecule has 0 spiro atoms. The van der Waals surface area contributed by atoms with E-state index in [9.17, 15) is 14.4 Å². The standard InChI is InChI=1S/C15H26N2O4S/c1-13(2,3)21-10(19)8-16-12(20)11-14(4,5)22-15(6,7)17(11)9-18/h9,11H,8H2,1-7H3,(H,16,20)/t11-/m0/s1. The average molecular weight is 330 g/mol. The van der Waals surface area contributed by atoms with E-state index in [1.807, 2.05) is 27.7 Å². The van der Waals surface area contributed by atoms with Crippen molar-refractivity contribution in [3.63, 3.8) is 0 Å². The lowest BCUT2D eigenvalue weighted by molar-refractivity contribution is -0.154. The van der Waals surface area contributed by atoms with Gasteiger partial charge in [-0.25, -0.2) is 0 Å². The summed E-state index contributed by atoms with van der Waals surface area (Å²) in [4.78, 5) is 36.6. The third-order valence-corrected chi connectivity index (χ3v) is 4.72. The van der Waals surface area contributed by atoms with Crippen molar-refractivity contribution in [2.45, 2.75) is 69.7 Å². The van der Waals surface area contributed by atoms with Crippen LogP contribution in [-0.2, 0) is 19.1 Å². The van der Waals surface area contributed by atoms with E-state index >= 15 is 0 Å². The van der Waals surface area contributed by atoms with Crippen LogP contribution in [-0.4, -0.2) is 51.0 Å². The molecule has 1 atom stereocenters. The van der Waals surface area contributed by atoms with E-state index in [0.29, 0.717) is 6.41 Å². The largest absolute Gasteiger partial charge is 0.459 e. The van der Waals surface area contributed by atoms with Gasteiger partial charge in [0, 0.05) is 4.75 Å². The van der Waals surface area contributed by atoms with Crippen LogP contribution in [0.1, 0.15) is 48.5 Å². The van der Waals surface area contributed by atoms with Crippen LogP contribution in [0.25, 0.3) is 0 Å². The monoisotopic (exact) mass is 330 g/mol. The summed E-state index contributed by atoms with van der Waals surface area (Å²) in [5.41, 5.74) is -0.596. The first-order valence-electron chi connectivity index (χ1n) is 7.23. The molecule has 1 aliphatic heterocycles. The Labute approximate surface area is 136 Å². The summed E-state index contributed by atoms with van der Waals surface area (Å²) in [6.45, 7) is 12.7. The van der Waals surface area contributed by atoms with Gasteiger partial charge in [-0.3, -0.25) is 14.4 Å². The molecule has 1 saturated heterocycles. The fourth-order valence-electron chi connectivity index (χ4n) is 2.66. The summed E-state index contributed by atoms with van der Waals surface area (Å²) in [7, 11) is 0. The van der Waals surface area contributed by atoms with E-state index in [1.165, 1.54) is 4.90 Å². The Hall–Kier alpha value is -1.24. The van der Waals surface area contributed by atoms with E-state index in [4.69, 9.17) is 4.74 Å². The number of nitrogens with one attached hydrogen (secondary N) is 1. The van der Waals surface area contributed by atoms with Crippen LogP contribution in [0.4, 0.5) is 0 Å². The second-order valence-corrected chi connectivity index (χ2v) is 9.63. The first kappa shape index (κ1) is 18.8. The molecule has 0 aromatic heterocycles. The first-order valence-corrected chi connectivity index (χ1v) is 8.05. The van der Waals surface area contributed by atoms with Gasteiger partial charge in [0.25, 0.3) is 0 Å². The number of thioether (sulfide) groups is 1. The molecule has 2 amide bonds. The van der Waals surface area contributed by atoms with Gasteiger partial charge in [-0.05, 0) is 48.5 Å².